The molecule has 0 saturated carbocycles. The van der Waals surface area contributed by atoms with Crippen LogP contribution in [0.2, 0.25) is 0 Å². The van der Waals surface area contributed by atoms with Crippen molar-refractivity contribution in [3.8, 4) is 0 Å². The van der Waals surface area contributed by atoms with Crippen molar-refractivity contribution < 1.29 is 106 Å². The summed E-state index contributed by atoms with van der Waals surface area (Å²) in [6.07, 6.45) is 0. The monoisotopic (exact) mass is 1180 g/mol. The number of nitrogens with zero attached hydrogens (tertiary/aromatic N) is 2. The van der Waals surface area contributed by atoms with Crippen molar-refractivity contribution in [2.45, 2.75) is 68.5 Å². The van der Waals surface area contributed by atoms with Crippen LogP contribution in [0.15, 0.2) is 97.1 Å². The molecule has 300 valence electrons. The first kappa shape index (κ1) is 53.4. The van der Waals surface area contributed by atoms with Crippen molar-refractivity contribution >= 4 is 22.5 Å². The number of hydrogen-bond acceptors (Lipinski definition) is 0. The Morgan fingerprint density at radius 3 is 0.796 bits per heavy atom. The van der Waals surface area contributed by atoms with Gasteiger partial charge in [0, 0.05) is 11.1 Å². The van der Waals surface area contributed by atoms with Crippen LogP contribution in [0.4, 0.5) is 11.4 Å². The summed E-state index contributed by atoms with van der Waals surface area (Å²) in [4.78, 5) is 3.21. The number of halogens is 4. The van der Waals surface area contributed by atoms with Gasteiger partial charge in [-0.3, -0.25) is 8.97 Å². The fourth-order valence-electron chi connectivity index (χ4n) is 7.22. The minimum Gasteiger partial charge on any atom is -1.00 e. The zero-order valence-electron chi connectivity index (χ0n) is 34.7. The fourth-order valence-corrected chi connectivity index (χ4v) is 7.22. The van der Waals surface area contributed by atoms with E-state index < -0.39 is 0 Å². The minimum atomic E-state index is 0. The third-order valence-corrected chi connectivity index (χ3v) is 12.0. The third-order valence-electron chi connectivity index (χ3n) is 12.0. The van der Waals surface area contributed by atoms with E-state index in [0.29, 0.717) is 0 Å². The van der Waals surface area contributed by atoms with Crippen molar-refractivity contribution in [3.63, 3.8) is 0 Å². The van der Waals surface area contributed by atoms with Gasteiger partial charge in [-0.25, -0.2) is 0 Å². The molecule has 4 nitrogen and oxygen atoms in total. The average Bonchev–Trinajstić information content (AvgIpc) is 3.18. The molecule has 0 bridgehead atoms. The van der Waals surface area contributed by atoms with Crippen LogP contribution in [0.25, 0.3) is 11.1 Å². The van der Waals surface area contributed by atoms with E-state index in [9.17, 15) is 0 Å². The Bertz CT molecular complexity index is 1510. The molecule has 4 aromatic carbocycles. The van der Waals surface area contributed by atoms with Gasteiger partial charge in [-0.1, -0.05) is 48.5 Å². The van der Waals surface area contributed by atoms with E-state index in [1.807, 2.05) is 0 Å². The van der Waals surface area contributed by atoms with E-state index in [-0.39, 0.29) is 95.9 Å². The molecule has 0 unspecified atom stereocenters. The van der Waals surface area contributed by atoms with E-state index in [1.165, 1.54) is 55.9 Å². The van der Waals surface area contributed by atoms with Gasteiger partial charge in [-0.15, -0.1) is 0 Å². The van der Waals surface area contributed by atoms with E-state index in [2.05, 4.69) is 167 Å². The zero-order valence-corrected chi connectivity index (χ0v) is 43.3. The van der Waals surface area contributed by atoms with Crippen molar-refractivity contribution in [2.75, 3.05) is 66.5 Å². The van der Waals surface area contributed by atoms with Crippen molar-refractivity contribution in [3.05, 3.63) is 130 Å². The van der Waals surface area contributed by atoms with Crippen molar-refractivity contribution in [1.82, 2.24) is 8.97 Å². The summed E-state index contributed by atoms with van der Waals surface area (Å²) < 4.78 is 1.86. The summed E-state index contributed by atoms with van der Waals surface area (Å²) in [7, 11) is 4.69. The quantitative estimate of drug-likeness (QED) is 0.0567. The van der Waals surface area contributed by atoms with Gasteiger partial charge in [0.2, 0.25) is 0 Å². The van der Waals surface area contributed by atoms with Crippen LogP contribution in [0.1, 0.15) is 88.8 Å². The number of nitrogens with one attached hydrogen (secondary N) is 2. The molecule has 0 spiro atoms. The molecule has 4 aromatic rings. The Hall–Kier alpha value is -0.620. The summed E-state index contributed by atoms with van der Waals surface area (Å²) >= 11 is 0. The number of hydrogen-bond donors (Lipinski definition) is 2. The molecule has 0 amide bonds. The molecule has 2 N–H and O–H groups in total. The molecule has 0 aliphatic rings. The zero-order chi connectivity index (χ0) is 36.3. The molecule has 0 heterocycles. The highest BCUT2D eigenvalue weighted by Gasteiger charge is 2.24. The maximum absolute atomic E-state index is 2.37. The maximum atomic E-state index is 2.37. The van der Waals surface area contributed by atoms with Crippen LogP contribution in [0, 0.1) is 0 Å². The van der Waals surface area contributed by atoms with Crippen molar-refractivity contribution in [2.24, 2.45) is 0 Å². The Labute approximate surface area is 398 Å². The molecule has 0 atom stereocenters. The smallest absolute Gasteiger partial charge is 0.132 e. The van der Waals surface area contributed by atoms with Crippen molar-refractivity contribution in [1.29, 1.82) is 0 Å². The molecule has 0 radical (unpaired) electrons. The summed E-state index contributed by atoms with van der Waals surface area (Å²) in [5, 5.41) is 0. The van der Waals surface area contributed by atoms with Crippen LogP contribution < -0.4 is 115 Å². The maximum Gasteiger partial charge on any atom is 0.132 e. The molecular formula is C46H68I4N4. The van der Waals surface area contributed by atoms with E-state index >= 15 is 0 Å². The van der Waals surface area contributed by atoms with Gasteiger partial charge in [-0.2, -0.15) is 0 Å². The van der Waals surface area contributed by atoms with Gasteiger partial charge in [0.1, 0.15) is 24.5 Å². The second-order valence-electron chi connectivity index (χ2n) is 14.6. The highest BCUT2D eigenvalue weighted by atomic mass is 127. The second kappa shape index (κ2) is 25.7. The molecule has 0 fully saturated rings. The molecule has 0 aromatic heterocycles. The Kier molecular flexibility index (Phi) is 25.4. The third kappa shape index (κ3) is 13.2. The SMILES string of the molecule is CC[NH+](CC)Cc1ccc(C(=C(c2ccc([N+](C)(CC)CC)cc2)c2ccc([N+](C)(CC)CC)cc2)c2ccc(C[NH+](CC)CC)cc2)cc1.[I-].[I-].[I-].[I-]. The van der Waals surface area contributed by atoms with Gasteiger partial charge in [-0.05, 0) is 137 Å². The molecule has 8 heteroatoms. The largest absolute Gasteiger partial charge is 1.00 e. The normalized spacial score (nSPS) is 11.3. The molecule has 0 aliphatic carbocycles. The lowest BCUT2D eigenvalue weighted by molar-refractivity contribution is -0.910. The summed E-state index contributed by atoms with van der Waals surface area (Å²) in [6, 6.07) is 37.9. The van der Waals surface area contributed by atoms with Crippen LogP contribution in [-0.2, 0) is 13.1 Å². The highest BCUT2D eigenvalue weighted by Crippen LogP contribution is 2.39. The number of rotatable bonds is 18. The lowest BCUT2D eigenvalue weighted by atomic mass is 9.85. The van der Waals surface area contributed by atoms with E-state index in [0.717, 1.165) is 74.4 Å². The van der Waals surface area contributed by atoms with Crippen LogP contribution in [0.3, 0.4) is 0 Å². The second-order valence-corrected chi connectivity index (χ2v) is 14.6. The lowest BCUT2D eigenvalue weighted by Crippen LogP contribution is -3.10. The number of benzene rings is 4. The Morgan fingerprint density at radius 1 is 0.370 bits per heavy atom. The van der Waals surface area contributed by atoms with Crippen LogP contribution in [-0.4, -0.2) is 66.5 Å². The molecule has 0 saturated heterocycles. The first-order chi connectivity index (χ1) is 24.1. The Morgan fingerprint density at radius 2 is 0.593 bits per heavy atom. The van der Waals surface area contributed by atoms with Gasteiger partial charge in [0.25, 0.3) is 0 Å². The fraction of sp³-hybridized carbons (Fsp3) is 0.435. The van der Waals surface area contributed by atoms with Gasteiger partial charge < -0.3 is 106 Å². The number of quaternary nitrogens is 4. The van der Waals surface area contributed by atoms with Gasteiger partial charge >= 0.3 is 0 Å². The molecule has 4 rings (SSSR count). The molecular weight excluding hydrogens is 1120 g/mol. The first-order valence-electron chi connectivity index (χ1n) is 19.6. The summed E-state index contributed by atoms with van der Waals surface area (Å²) in [6.45, 7) is 29.3. The standard InChI is InChI=1S/C46H66N4.4HI/c1-11-47(12-2)35-37-19-23-39(24-20-37)45(40-25-21-38(22-26-40)36-48(13-3)14-4)46(41-27-31-43(32-28-41)49(9,15-5)16-6)42-29-33-44(34-30-42)50(10,17-7)18-8;;;;/h19-34H,11-18,35-36H2,1-10H3;4*1H/q+2;;;;/p-2. The average molecular weight is 1180 g/mol. The lowest BCUT2D eigenvalue weighted by Gasteiger charge is -2.32. The minimum absolute atomic E-state index is 0. The van der Waals surface area contributed by atoms with E-state index in [4.69, 9.17) is 0 Å². The predicted molar refractivity (Wildman–Crippen MR) is 220 cm³/mol. The van der Waals surface area contributed by atoms with Gasteiger partial charge in [0.15, 0.2) is 0 Å². The molecule has 54 heavy (non-hydrogen) atoms. The first-order valence-corrected chi connectivity index (χ1v) is 19.6. The van der Waals surface area contributed by atoms with Crippen LogP contribution >= 0.6 is 0 Å². The Balaban J connectivity index is 0.00000702. The van der Waals surface area contributed by atoms with Crippen LogP contribution in [0.5, 0.6) is 0 Å². The van der Waals surface area contributed by atoms with Gasteiger partial charge in [0.05, 0.1) is 66.5 Å². The topological polar surface area (TPSA) is 8.88 Å². The summed E-state index contributed by atoms with van der Waals surface area (Å²) in [5.41, 5.74) is 13.1. The summed E-state index contributed by atoms with van der Waals surface area (Å²) in [5.74, 6) is 0. The van der Waals surface area contributed by atoms with E-state index in [1.54, 1.807) is 9.80 Å². The molecule has 0 aliphatic heterocycles. The highest BCUT2D eigenvalue weighted by molar-refractivity contribution is 6.04. The predicted octanol–water partition coefficient (Wildman–Crippen LogP) is -4.49.